The third-order valence-corrected chi connectivity index (χ3v) is 2.69. The Morgan fingerprint density at radius 3 is 2.53 bits per heavy atom. The van der Waals surface area contributed by atoms with Gasteiger partial charge in [0.1, 0.15) is 5.82 Å². The summed E-state index contributed by atoms with van der Waals surface area (Å²) >= 11 is 0. The zero-order valence-electron chi connectivity index (χ0n) is 10.2. The lowest BCUT2D eigenvalue weighted by Gasteiger charge is -2.09. The molecule has 100 valence electrons. The first-order valence-electron chi connectivity index (χ1n) is 5.63. The minimum absolute atomic E-state index is 0.407. The standard InChI is InChI=1S/C13H12F3N3/c1-9-6-17-5-4-10(9)7-18-12-3-2-11(8-19-12)13(14,15)16/h2-6,8H,7H2,1H3,(H,18,19). The molecule has 2 aromatic heterocycles. The first-order valence-corrected chi connectivity index (χ1v) is 5.63. The van der Waals surface area contributed by atoms with Crippen molar-refractivity contribution in [2.45, 2.75) is 19.6 Å². The third kappa shape index (κ3) is 3.43. The highest BCUT2D eigenvalue weighted by atomic mass is 19.4. The molecule has 1 N–H and O–H groups in total. The highest BCUT2D eigenvalue weighted by Crippen LogP contribution is 2.28. The summed E-state index contributed by atoms with van der Waals surface area (Å²) < 4.78 is 37.1. The fraction of sp³-hybridized carbons (Fsp3) is 0.231. The van der Waals surface area contributed by atoms with Gasteiger partial charge in [-0.1, -0.05) is 0 Å². The third-order valence-electron chi connectivity index (χ3n) is 2.69. The van der Waals surface area contributed by atoms with E-state index in [-0.39, 0.29) is 0 Å². The molecular formula is C13H12F3N3. The molecule has 0 radical (unpaired) electrons. The van der Waals surface area contributed by atoms with Crippen LogP contribution in [-0.4, -0.2) is 9.97 Å². The largest absolute Gasteiger partial charge is 0.417 e. The lowest BCUT2D eigenvalue weighted by molar-refractivity contribution is -0.137. The number of halogens is 3. The molecule has 6 heteroatoms. The molecule has 3 nitrogen and oxygen atoms in total. The monoisotopic (exact) mass is 267 g/mol. The van der Waals surface area contributed by atoms with Gasteiger partial charge in [-0.3, -0.25) is 4.98 Å². The van der Waals surface area contributed by atoms with Gasteiger partial charge in [-0.25, -0.2) is 4.98 Å². The van der Waals surface area contributed by atoms with E-state index in [1.165, 1.54) is 6.07 Å². The summed E-state index contributed by atoms with van der Waals surface area (Å²) in [5, 5.41) is 2.97. The number of alkyl halides is 3. The molecule has 2 aromatic rings. The number of hydrogen-bond donors (Lipinski definition) is 1. The van der Waals surface area contributed by atoms with Gasteiger partial charge in [-0.05, 0) is 36.2 Å². The average molecular weight is 267 g/mol. The summed E-state index contributed by atoms with van der Waals surface area (Å²) in [6, 6.07) is 4.18. The SMILES string of the molecule is Cc1cnccc1CNc1ccc(C(F)(F)F)cn1. The summed E-state index contributed by atoms with van der Waals surface area (Å²) in [6.45, 7) is 2.41. The number of pyridine rings is 2. The normalized spacial score (nSPS) is 11.4. The van der Waals surface area contributed by atoms with Gasteiger partial charge < -0.3 is 5.32 Å². The second kappa shape index (κ2) is 5.26. The molecule has 2 rings (SSSR count). The van der Waals surface area contributed by atoms with Gasteiger partial charge in [0.15, 0.2) is 0 Å². The number of aromatic nitrogens is 2. The Labute approximate surface area is 108 Å². The van der Waals surface area contributed by atoms with Crippen molar-refractivity contribution in [1.29, 1.82) is 0 Å². The van der Waals surface area contributed by atoms with Gasteiger partial charge in [-0.15, -0.1) is 0 Å². The number of rotatable bonds is 3. The van der Waals surface area contributed by atoms with Crippen LogP contribution in [0, 0.1) is 6.92 Å². The molecule has 0 atom stereocenters. The van der Waals surface area contributed by atoms with Crippen molar-refractivity contribution < 1.29 is 13.2 Å². The first-order chi connectivity index (χ1) is 8.97. The van der Waals surface area contributed by atoms with Gasteiger partial charge >= 0.3 is 6.18 Å². The van der Waals surface area contributed by atoms with Crippen molar-refractivity contribution in [2.24, 2.45) is 0 Å². The molecule has 0 aliphatic carbocycles. The molecule has 0 fully saturated rings. The van der Waals surface area contributed by atoms with Crippen LogP contribution in [0.2, 0.25) is 0 Å². The van der Waals surface area contributed by atoms with E-state index < -0.39 is 11.7 Å². The average Bonchev–Trinajstić information content (AvgIpc) is 2.37. The van der Waals surface area contributed by atoms with Gasteiger partial charge in [0.25, 0.3) is 0 Å². The number of aryl methyl sites for hydroxylation is 1. The van der Waals surface area contributed by atoms with E-state index in [4.69, 9.17) is 0 Å². The summed E-state index contributed by atoms with van der Waals surface area (Å²) in [7, 11) is 0. The Balaban J connectivity index is 2.03. The van der Waals surface area contributed by atoms with E-state index in [0.717, 1.165) is 23.4 Å². The van der Waals surface area contributed by atoms with Crippen LogP contribution < -0.4 is 5.32 Å². The number of nitrogens with one attached hydrogen (secondary N) is 1. The molecular weight excluding hydrogens is 255 g/mol. The van der Waals surface area contributed by atoms with Crippen LogP contribution in [0.25, 0.3) is 0 Å². The fourth-order valence-electron chi connectivity index (χ4n) is 1.55. The van der Waals surface area contributed by atoms with Crippen molar-refractivity contribution in [3.63, 3.8) is 0 Å². The van der Waals surface area contributed by atoms with Gasteiger partial charge in [0, 0.05) is 25.1 Å². The van der Waals surface area contributed by atoms with Crippen molar-refractivity contribution >= 4 is 5.82 Å². The predicted molar refractivity (Wildman–Crippen MR) is 65.5 cm³/mol. The van der Waals surface area contributed by atoms with Crippen molar-refractivity contribution in [1.82, 2.24) is 9.97 Å². The highest BCUT2D eigenvalue weighted by Gasteiger charge is 2.30. The summed E-state index contributed by atoms with van der Waals surface area (Å²) in [6.07, 6.45) is -0.129. The second-order valence-electron chi connectivity index (χ2n) is 4.09. The van der Waals surface area contributed by atoms with E-state index in [2.05, 4.69) is 15.3 Å². The Bertz CT molecular complexity index is 550. The molecule has 0 unspecified atom stereocenters. The summed E-state index contributed by atoms with van der Waals surface area (Å²) in [4.78, 5) is 7.71. The molecule has 0 aliphatic rings. The Morgan fingerprint density at radius 2 is 1.95 bits per heavy atom. The van der Waals surface area contributed by atoms with Crippen molar-refractivity contribution in [2.75, 3.05) is 5.32 Å². The Morgan fingerprint density at radius 1 is 1.16 bits per heavy atom. The Kier molecular flexibility index (Phi) is 3.69. The van der Waals surface area contributed by atoms with Crippen LogP contribution in [0.1, 0.15) is 16.7 Å². The lowest BCUT2D eigenvalue weighted by atomic mass is 10.1. The maximum atomic E-state index is 12.4. The lowest BCUT2D eigenvalue weighted by Crippen LogP contribution is -2.07. The number of nitrogens with zero attached hydrogens (tertiary/aromatic N) is 2. The molecule has 0 bridgehead atoms. The van der Waals surface area contributed by atoms with Gasteiger partial charge in [-0.2, -0.15) is 13.2 Å². The van der Waals surface area contributed by atoms with Crippen LogP contribution in [0.3, 0.4) is 0 Å². The zero-order chi connectivity index (χ0) is 13.9. The van der Waals surface area contributed by atoms with Gasteiger partial charge in [0.2, 0.25) is 0 Å². The minimum Gasteiger partial charge on any atom is -0.366 e. The van der Waals surface area contributed by atoms with Gasteiger partial charge in [0.05, 0.1) is 5.56 Å². The van der Waals surface area contributed by atoms with Crippen LogP contribution in [0.15, 0.2) is 36.8 Å². The quantitative estimate of drug-likeness (QED) is 0.926. The summed E-state index contributed by atoms with van der Waals surface area (Å²) in [5.74, 6) is 0.407. The maximum Gasteiger partial charge on any atom is 0.417 e. The fourth-order valence-corrected chi connectivity index (χ4v) is 1.55. The van der Waals surface area contributed by atoms with E-state index >= 15 is 0 Å². The van der Waals surface area contributed by atoms with E-state index in [0.29, 0.717) is 12.4 Å². The molecule has 2 heterocycles. The van der Waals surface area contributed by atoms with Crippen LogP contribution in [0.5, 0.6) is 0 Å². The number of hydrogen-bond acceptors (Lipinski definition) is 3. The molecule has 0 spiro atoms. The summed E-state index contributed by atoms with van der Waals surface area (Å²) in [5.41, 5.74) is 1.29. The van der Waals surface area contributed by atoms with Crippen molar-refractivity contribution in [3.8, 4) is 0 Å². The minimum atomic E-state index is -4.35. The van der Waals surface area contributed by atoms with E-state index in [9.17, 15) is 13.2 Å². The molecule has 0 aromatic carbocycles. The Hall–Kier alpha value is -2.11. The number of anilines is 1. The molecule has 0 amide bonds. The van der Waals surface area contributed by atoms with Crippen LogP contribution >= 0.6 is 0 Å². The van der Waals surface area contributed by atoms with Crippen molar-refractivity contribution in [3.05, 3.63) is 53.5 Å². The van der Waals surface area contributed by atoms with E-state index in [1.54, 1.807) is 12.4 Å². The van der Waals surface area contributed by atoms with Crippen LogP contribution in [0.4, 0.5) is 19.0 Å². The first kappa shape index (κ1) is 13.3. The molecule has 0 aliphatic heterocycles. The smallest absolute Gasteiger partial charge is 0.366 e. The topological polar surface area (TPSA) is 37.8 Å². The second-order valence-corrected chi connectivity index (χ2v) is 4.09. The molecule has 0 saturated carbocycles. The molecule has 0 saturated heterocycles. The highest BCUT2D eigenvalue weighted by molar-refractivity contribution is 5.38. The zero-order valence-corrected chi connectivity index (χ0v) is 10.2. The maximum absolute atomic E-state index is 12.4. The molecule has 19 heavy (non-hydrogen) atoms. The van der Waals surface area contributed by atoms with E-state index in [1.807, 2.05) is 13.0 Å². The predicted octanol–water partition coefficient (Wildman–Crippen LogP) is 3.42. The van der Waals surface area contributed by atoms with Crippen LogP contribution in [-0.2, 0) is 12.7 Å².